The van der Waals surface area contributed by atoms with Crippen molar-refractivity contribution < 1.29 is 14.3 Å². The Balaban J connectivity index is 3.28. The van der Waals surface area contributed by atoms with E-state index in [0.717, 1.165) is 0 Å². The second kappa shape index (κ2) is 5.34. The van der Waals surface area contributed by atoms with Gasteiger partial charge in [0.25, 0.3) is 0 Å². The monoisotopic (exact) mass is 224 g/mol. The lowest BCUT2D eigenvalue weighted by Gasteiger charge is -2.17. The smallest absolute Gasteiger partial charge is 0.345 e. The molecule has 0 saturated carbocycles. The van der Waals surface area contributed by atoms with Crippen LogP contribution in [-0.4, -0.2) is 38.8 Å². The van der Waals surface area contributed by atoms with Crippen molar-refractivity contribution in [3.8, 4) is 5.75 Å². The summed E-state index contributed by atoms with van der Waals surface area (Å²) >= 11 is 0. The van der Waals surface area contributed by atoms with Gasteiger partial charge in [-0.1, -0.05) is 0 Å². The fraction of sp³-hybridized carbons (Fsp3) is 0.455. The second-order valence-electron chi connectivity index (χ2n) is 3.33. The Bertz CT molecular complexity index is 377. The highest BCUT2D eigenvalue weighted by Crippen LogP contribution is 2.26. The summed E-state index contributed by atoms with van der Waals surface area (Å²) in [5.74, 6) is 0.589. The van der Waals surface area contributed by atoms with Crippen LogP contribution in [0.15, 0.2) is 12.3 Å². The van der Waals surface area contributed by atoms with Gasteiger partial charge in [0, 0.05) is 20.3 Å². The molecule has 0 fully saturated rings. The Morgan fingerprint density at radius 3 is 2.69 bits per heavy atom. The van der Waals surface area contributed by atoms with Gasteiger partial charge in [-0.2, -0.15) is 0 Å². The molecule has 0 N–H and O–H groups in total. The third kappa shape index (κ3) is 2.42. The van der Waals surface area contributed by atoms with Crippen molar-refractivity contribution >= 4 is 11.8 Å². The summed E-state index contributed by atoms with van der Waals surface area (Å²) in [6.07, 6.45) is 1.60. The summed E-state index contributed by atoms with van der Waals surface area (Å²) in [5.41, 5.74) is 0.358. The first-order valence-corrected chi connectivity index (χ1v) is 4.99. The van der Waals surface area contributed by atoms with Gasteiger partial charge in [0.15, 0.2) is 0 Å². The van der Waals surface area contributed by atoms with Crippen molar-refractivity contribution in [2.45, 2.75) is 6.92 Å². The quantitative estimate of drug-likeness (QED) is 0.722. The maximum Gasteiger partial charge on any atom is 0.345 e. The Kier molecular flexibility index (Phi) is 4.10. The van der Waals surface area contributed by atoms with E-state index < -0.39 is 5.97 Å². The van der Waals surface area contributed by atoms with Gasteiger partial charge in [0.1, 0.15) is 17.1 Å². The molecule has 0 bridgehead atoms. The molecule has 0 aliphatic carbocycles. The molecule has 0 amide bonds. The van der Waals surface area contributed by atoms with Gasteiger partial charge in [0.05, 0.1) is 13.7 Å². The average Bonchev–Trinajstić information content (AvgIpc) is 2.28. The van der Waals surface area contributed by atoms with Crippen LogP contribution in [0.1, 0.15) is 17.3 Å². The molecule has 0 saturated heterocycles. The minimum absolute atomic E-state index is 0.358. The lowest BCUT2D eigenvalue weighted by atomic mass is 10.2. The number of aromatic nitrogens is 1. The van der Waals surface area contributed by atoms with Crippen molar-refractivity contribution in [3.05, 3.63) is 17.8 Å². The van der Waals surface area contributed by atoms with Crippen LogP contribution in [0.5, 0.6) is 5.75 Å². The zero-order chi connectivity index (χ0) is 12.1. The third-order valence-corrected chi connectivity index (χ3v) is 2.01. The summed E-state index contributed by atoms with van der Waals surface area (Å²) < 4.78 is 10.1. The maximum atomic E-state index is 11.7. The van der Waals surface area contributed by atoms with Gasteiger partial charge < -0.3 is 14.4 Å². The maximum absolute atomic E-state index is 11.7. The molecule has 0 aromatic carbocycles. The first kappa shape index (κ1) is 12.3. The average molecular weight is 224 g/mol. The van der Waals surface area contributed by atoms with E-state index in [9.17, 15) is 4.79 Å². The first-order valence-electron chi connectivity index (χ1n) is 4.99. The third-order valence-electron chi connectivity index (χ3n) is 2.01. The number of esters is 1. The van der Waals surface area contributed by atoms with E-state index in [1.807, 2.05) is 21.0 Å². The van der Waals surface area contributed by atoms with Crippen molar-refractivity contribution in [2.75, 3.05) is 32.7 Å². The predicted molar refractivity (Wildman–Crippen MR) is 61.1 cm³/mol. The van der Waals surface area contributed by atoms with E-state index in [4.69, 9.17) is 9.47 Å². The number of hydrogen-bond donors (Lipinski definition) is 0. The van der Waals surface area contributed by atoms with Crippen LogP contribution >= 0.6 is 0 Å². The van der Waals surface area contributed by atoms with Crippen LogP contribution in [0.2, 0.25) is 0 Å². The number of anilines is 1. The van der Waals surface area contributed by atoms with E-state index in [0.29, 0.717) is 23.7 Å². The minimum atomic E-state index is -0.444. The van der Waals surface area contributed by atoms with Crippen LogP contribution in [0, 0.1) is 0 Å². The van der Waals surface area contributed by atoms with Crippen LogP contribution in [0.4, 0.5) is 5.82 Å². The number of methoxy groups -OCH3 is 1. The van der Waals surface area contributed by atoms with E-state index in [1.165, 1.54) is 7.11 Å². The Labute approximate surface area is 95.0 Å². The minimum Gasteiger partial charge on any atom is -0.493 e. The molecule has 1 rings (SSSR count). The Hall–Kier alpha value is -1.78. The van der Waals surface area contributed by atoms with Crippen LogP contribution < -0.4 is 9.64 Å². The molecule has 5 heteroatoms. The number of ether oxygens (including phenoxy) is 2. The van der Waals surface area contributed by atoms with Crippen LogP contribution in [0.3, 0.4) is 0 Å². The van der Waals surface area contributed by atoms with Gasteiger partial charge in [0.2, 0.25) is 0 Å². The van der Waals surface area contributed by atoms with Gasteiger partial charge in [-0.15, -0.1) is 0 Å². The standard InChI is InChI=1S/C11H16N2O3/c1-5-16-8-6-7-12-10(13(2)3)9(8)11(14)15-4/h6-7H,5H2,1-4H3. The number of carbonyl (C=O) groups is 1. The molecular formula is C11H16N2O3. The fourth-order valence-electron chi connectivity index (χ4n) is 1.34. The highest BCUT2D eigenvalue weighted by Gasteiger charge is 2.20. The molecule has 5 nitrogen and oxygen atoms in total. The molecule has 1 heterocycles. The van der Waals surface area contributed by atoms with Gasteiger partial charge >= 0.3 is 5.97 Å². The van der Waals surface area contributed by atoms with Crippen molar-refractivity contribution in [3.63, 3.8) is 0 Å². The lowest BCUT2D eigenvalue weighted by molar-refractivity contribution is 0.0596. The van der Waals surface area contributed by atoms with Crippen molar-refractivity contribution in [1.82, 2.24) is 4.98 Å². The molecule has 0 radical (unpaired) electrons. The molecule has 0 atom stereocenters. The fourth-order valence-corrected chi connectivity index (χ4v) is 1.34. The highest BCUT2D eigenvalue weighted by atomic mass is 16.5. The van der Waals surface area contributed by atoms with Crippen LogP contribution in [0.25, 0.3) is 0 Å². The largest absolute Gasteiger partial charge is 0.493 e. The predicted octanol–water partition coefficient (Wildman–Crippen LogP) is 1.33. The zero-order valence-electron chi connectivity index (χ0n) is 9.98. The van der Waals surface area contributed by atoms with Gasteiger partial charge in [-0.25, -0.2) is 9.78 Å². The van der Waals surface area contributed by atoms with Crippen LogP contribution in [-0.2, 0) is 4.74 Å². The molecule has 1 aromatic heterocycles. The van der Waals surface area contributed by atoms with Crippen molar-refractivity contribution in [1.29, 1.82) is 0 Å². The molecule has 0 spiro atoms. The van der Waals surface area contributed by atoms with Gasteiger partial charge in [-0.3, -0.25) is 0 Å². The number of hydrogen-bond acceptors (Lipinski definition) is 5. The normalized spacial score (nSPS) is 9.75. The summed E-state index contributed by atoms with van der Waals surface area (Å²) in [7, 11) is 4.96. The molecule has 88 valence electrons. The molecule has 0 unspecified atom stereocenters. The summed E-state index contributed by atoms with van der Waals surface area (Å²) in [5, 5.41) is 0. The molecule has 0 aliphatic rings. The number of rotatable bonds is 4. The molecule has 16 heavy (non-hydrogen) atoms. The second-order valence-corrected chi connectivity index (χ2v) is 3.33. The van der Waals surface area contributed by atoms with Gasteiger partial charge in [-0.05, 0) is 13.0 Å². The SMILES string of the molecule is CCOc1ccnc(N(C)C)c1C(=O)OC. The zero-order valence-corrected chi connectivity index (χ0v) is 9.98. The molecule has 1 aromatic rings. The van der Waals surface area contributed by atoms with E-state index in [2.05, 4.69) is 4.98 Å². The summed E-state index contributed by atoms with van der Waals surface area (Å²) in [6.45, 7) is 2.34. The highest BCUT2D eigenvalue weighted by molar-refractivity contribution is 5.97. The number of nitrogens with zero attached hydrogens (tertiary/aromatic N) is 2. The Morgan fingerprint density at radius 2 is 2.19 bits per heavy atom. The molecular weight excluding hydrogens is 208 g/mol. The van der Waals surface area contributed by atoms with Crippen molar-refractivity contribution in [2.24, 2.45) is 0 Å². The lowest BCUT2D eigenvalue weighted by Crippen LogP contribution is -2.17. The number of carbonyl (C=O) groups excluding carboxylic acids is 1. The Morgan fingerprint density at radius 1 is 1.50 bits per heavy atom. The number of pyridine rings is 1. The topological polar surface area (TPSA) is 51.7 Å². The van der Waals surface area contributed by atoms with E-state index in [-0.39, 0.29) is 0 Å². The van der Waals surface area contributed by atoms with E-state index >= 15 is 0 Å². The summed E-state index contributed by atoms with van der Waals surface area (Å²) in [4.78, 5) is 17.5. The first-order chi connectivity index (χ1) is 7.61. The summed E-state index contributed by atoms with van der Waals surface area (Å²) in [6, 6.07) is 1.66. The van der Waals surface area contributed by atoms with E-state index in [1.54, 1.807) is 17.2 Å². The molecule has 0 aliphatic heterocycles.